The fourth-order valence-electron chi connectivity index (χ4n) is 0.798. The fraction of sp³-hybridized carbons (Fsp3) is 0.182. The minimum absolute atomic E-state index is 0.384. The number of ether oxygens (including phenoxy) is 1. The second-order valence-corrected chi connectivity index (χ2v) is 2.90. The van der Waals surface area contributed by atoms with Gasteiger partial charge in [-0.25, -0.2) is 4.79 Å². The Morgan fingerprint density at radius 3 is 2.85 bits per heavy atom. The normalized spacial score (nSPS) is 9.38. The minimum atomic E-state index is -0.415. The lowest BCUT2D eigenvalue weighted by atomic mass is 10.2. The summed E-state index contributed by atoms with van der Waals surface area (Å²) in [6, 6.07) is 8.17. The summed E-state index contributed by atoms with van der Waals surface area (Å²) in [5, 5.41) is 0. The maximum Gasteiger partial charge on any atom is 0.338 e. The molecule has 0 spiro atoms. The molecule has 1 radical (unpaired) electrons. The minimum Gasteiger partial charge on any atom is -0.423 e. The van der Waals surface area contributed by atoms with Gasteiger partial charge in [0.15, 0.2) is 0 Å². The summed E-state index contributed by atoms with van der Waals surface area (Å²) in [7, 11) is 0. The fourth-order valence-corrected chi connectivity index (χ4v) is 0.798. The predicted molar refractivity (Wildman–Crippen MR) is 50.5 cm³/mol. The van der Waals surface area contributed by atoms with Crippen LogP contribution in [0.25, 0.3) is 0 Å². The highest BCUT2D eigenvalue weighted by Crippen LogP contribution is 2.12. The first-order valence-electron chi connectivity index (χ1n) is 3.95. The zero-order valence-electron chi connectivity index (χ0n) is 7.76. The molecule has 0 saturated carbocycles. The molecule has 13 heavy (non-hydrogen) atoms. The van der Waals surface area contributed by atoms with Crippen LogP contribution in [-0.2, 0) is 4.79 Å². The Morgan fingerprint density at radius 2 is 2.31 bits per heavy atom. The molecule has 0 fully saturated rings. The summed E-state index contributed by atoms with van der Waals surface area (Å²) in [6.07, 6.45) is 0. The van der Waals surface area contributed by atoms with Crippen LogP contribution in [0.15, 0.2) is 30.4 Å². The zero-order valence-corrected chi connectivity index (χ0v) is 7.76. The van der Waals surface area contributed by atoms with Crippen LogP contribution in [0.4, 0.5) is 0 Å². The van der Waals surface area contributed by atoms with Crippen molar-refractivity contribution in [3.63, 3.8) is 0 Å². The average molecular weight is 175 g/mol. The molecule has 0 atom stereocenters. The van der Waals surface area contributed by atoms with E-state index in [1.54, 1.807) is 19.1 Å². The molecule has 0 amide bonds. The smallest absolute Gasteiger partial charge is 0.338 e. The molecule has 0 heterocycles. The molecule has 0 aliphatic carbocycles. The SMILES string of the molecule is C=C(C)C(=O)Oc1[c]ccc(C)c1. The van der Waals surface area contributed by atoms with E-state index in [2.05, 4.69) is 12.6 Å². The highest BCUT2D eigenvalue weighted by atomic mass is 16.5. The number of hydrogen-bond donors (Lipinski definition) is 0. The first-order chi connectivity index (χ1) is 6.09. The summed E-state index contributed by atoms with van der Waals surface area (Å²) in [5.41, 5.74) is 1.41. The molecule has 2 nitrogen and oxygen atoms in total. The molecule has 1 aromatic rings. The van der Waals surface area contributed by atoms with Crippen LogP contribution in [0, 0.1) is 13.0 Å². The van der Waals surface area contributed by atoms with Crippen molar-refractivity contribution >= 4 is 5.97 Å². The van der Waals surface area contributed by atoms with E-state index in [-0.39, 0.29) is 0 Å². The number of carbonyl (C=O) groups excluding carboxylic acids is 1. The Labute approximate surface area is 77.8 Å². The first kappa shape index (κ1) is 9.52. The molecule has 1 aromatic carbocycles. The summed E-state index contributed by atoms with van der Waals surface area (Å²) in [6.45, 7) is 7.02. The van der Waals surface area contributed by atoms with Gasteiger partial charge in [0.05, 0.1) is 0 Å². The van der Waals surface area contributed by atoms with Gasteiger partial charge < -0.3 is 4.74 Å². The summed E-state index contributed by atoms with van der Waals surface area (Å²) >= 11 is 0. The number of benzene rings is 1. The lowest BCUT2D eigenvalue weighted by Crippen LogP contribution is -2.08. The summed E-state index contributed by atoms with van der Waals surface area (Å²) in [4.78, 5) is 11.1. The topological polar surface area (TPSA) is 26.3 Å². The lowest BCUT2D eigenvalue weighted by Gasteiger charge is -2.03. The van der Waals surface area contributed by atoms with Crippen molar-refractivity contribution < 1.29 is 9.53 Å². The molecule has 0 saturated heterocycles. The van der Waals surface area contributed by atoms with E-state index in [0.717, 1.165) is 5.56 Å². The predicted octanol–water partition coefficient (Wildman–Crippen LogP) is 2.28. The van der Waals surface area contributed by atoms with Crippen LogP contribution < -0.4 is 4.74 Å². The quantitative estimate of drug-likeness (QED) is 0.391. The van der Waals surface area contributed by atoms with Gasteiger partial charge in [-0.2, -0.15) is 0 Å². The van der Waals surface area contributed by atoms with Gasteiger partial charge in [-0.15, -0.1) is 0 Å². The van der Waals surface area contributed by atoms with Crippen LogP contribution >= 0.6 is 0 Å². The Morgan fingerprint density at radius 1 is 1.62 bits per heavy atom. The highest BCUT2D eigenvalue weighted by Gasteiger charge is 2.04. The monoisotopic (exact) mass is 175 g/mol. The molecule has 67 valence electrons. The van der Waals surface area contributed by atoms with Crippen molar-refractivity contribution in [3.8, 4) is 5.75 Å². The zero-order chi connectivity index (χ0) is 9.84. The van der Waals surface area contributed by atoms with Crippen molar-refractivity contribution in [1.82, 2.24) is 0 Å². The Bertz CT molecular complexity index is 340. The van der Waals surface area contributed by atoms with E-state index < -0.39 is 5.97 Å². The lowest BCUT2D eigenvalue weighted by molar-refractivity contribution is -0.130. The van der Waals surface area contributed by atoms with Crippen LogP contribution in [0.5, 0.6) is 5.75 Å². The van der Waals surface area contributed by atoms with E-state index in [9.17, 15) is 4.79 Å². The number of hydrogen-bond acceptors (Lipinski definition) is 2. The Kier molecular flexibility index (Phi) is 2.85. The number of aryl methyl sites for hydroxylation is 1. The molecule has 0 aliphatic rings. The van der Waals surface area contributed by atoms with Crippen molar-refractivity contribution in [3.05, 3.63) is 42.0 Å². The van der Waals surface area contributed by atoms with Crippen molar-refractivity contribution in [2.45, 2.75) is 13.8 Å². The van der Waals surface area contributed by atoms with Gasteiger partial charge in [-0.1, -0.05) is 18.7 Å². The maximum absolute atomic E-state index is 11.1. The average Bonchev–Trinajstić information content (AvgIpc) is 2.04. The van der Waals surface area contributed by atoms with Crippen molar-refractivity contribution in [2.24, 2.45) is 0 Å². The maximum atomic E-state index is 11.1. The molecule has 2 heteroatoms. The molecule has 0 aromatic heterocycles. The van der Waals surface area contributed by atoms with E-state index in [4.69, 9.17) is 4.74 Å². The van der Waals surface area contributed by atoms with Crippen LogP contribution in [0.3, 0.4) is 0 Å². The number of carbonyl (C=O) groups is 1. The van der Waals surface area contributed by atoms with Crippen LogP contribution in [0.1, 0.15) is 12.5 Å². The molecular weight excluding hydrogens is 164 g/mol. The van der Waals surface area contributed by atoms with Crippen molar-refractivity contribution in [1.29, 1.82) is 0 Å². The Balaban J connectivity index is 2.75. The molecule has 0 N–H and O–H groups in total. The molecule has 0 aliphatic heterocycles. The molecule has 0 unspecified atom stereocenters. The van der Waals surface area contributed by atoms with E-state index in [0.29, 0.717) is 11.3 Å². The van der Waals surface area contributed by atoms with E-state index >= 15 is 0 Å². The van der Waals surface area contributed by atoms with Crippen molar-refractivity contribution in [2.75, 3.05) is 0 Å². The third-order valence-corrected chi connectivity index (χ3v) is 1.48. The highest BCUT2D eigenvalue weighted by molar-refractivity contribution is 5.88. The first-order valence-corrected chi connectivity index (χ1v) is 3.95. The molecule has 1 rings (SSSR count). The van der Waals surface area contributed by atoms with Crippen LogP contribution in [0.2, 0.25) is 0 Å². The van der Waals surface area contributed by atoms with Gasteiger partial charge in [-0.3, -0.25) is 0 Å². The second kappa shape index (κ2) is 3.90. The third kappa shape index (κ3) is 2.75. The molecule has 0 bridgehead atoms. The second-order valence-electron chi connectivity index (χ2n) is 2.90. The number of rotatable bonds is 2. The van der Waals surface area contributed by atoms with Gasteiger partial charge >= 0.3 is 5.97 Å². The number of esters is 1. The van der Waals surface area contributed by atoms with Gasteiger partial charge in [0, 0.05) is 11.6 Å². The van der Waals surface area contributed by atoms with E-state index in [1.165, 1.54) is 0 Å². The molecular formula is C11H11O2. The Hall–Kier alpha value is -1.57. The third-order valence-electron chi connectivity index (χ3n) is 1.48. The van der Waals surface area contributed by atoms with Gasteiger partial charge in [0.25, 0.3) is 0 Å². The van der Waals surface area contributed by atoms with Crippen LogP contribution in [-0.4, -0.2) is 5.97 Å². The standard InChI is InChI=1S/C11H11O2/c1-8(2)11(12)13-10-6-4-5-9(3)7-10/h4-5,7H,1H2,2-3H3. The van der Waals surface area contributed by atoms with Gasteiger partial charge in [0.1, 0.15) is 5.75 Å². The summed E-state index contributed by atoms with van der Waals surface area (Å²) in [5.74, 6) is 0.0230. The van der Waals surface area contributed by atoms with Gasteiger partial charge in [0.2, 0.25) is 0 Å². The largest absolute Gasteiger partial charge is 0.423 e. The van der Waals surface area contributed by atoms with Gasteiger partial charge in [-0.05, 0) is 25.5 Å². The summed E-state index contributed by atoms with van der Waals surface area (Å²) < 4.78 is 4.96. The van der Waals surface area contributed by atoms with E-state index in [1.807, 2.05) is 13.0 Å².